The fourth-order valence-corrected chi connectivity index (χ4v) is 4.75. The summed E-state index contributed by atoms with van der Waals surface area (Å²) < 4.78 is 51.9. The maximum Gasteiger partial charge on any atom is 0.374 e. The van der Waals surface area contributed by atoms with Crippen molar-refractivity contribution < 1.29 is 22.5 Å². The molecule has 14 heteroatoms. The molecule has 0 saturated carbocycles. The van der Waals surface area contributed by atoms with Gasteiger partial charge in [0.05, 0.1) is 5.56 Å². The van der Waals surface area contributed by atoms with E-state index >= 15 is 13.3 Å². The SMILES string of the molecule is CCNC(=O)Nc1cc2c(cn1)-c1cncc(c1)-c1nnc(o1)[C@H](C(C)C)N(F)C(F)(F)c1csc-2n1. The maximum atomic E-state index is 15.4. The van der Waals surface area contributed by atoms with Gasteiger partial charge in [-0.15, -0.1) is 26.0 Å². The molecular formula is C23H21F3N8O2S. The summed E-state index contributed by atoms with van der Waals surface area (Å²) in [5.41, 5.74) is 1.07. The average molecular weight is 531 g/mol. The molecule has 0 aromatic carbocycles. The van der Waals surface area contributed by atoms with Crippen LogP contribution in [-0.2, 0) is 6.05 Å². The van der Waals surface area contributed by atoms with Gasteiger partial charge >= 0.3 is 12.1 Å². The van der Waals surface area contributed by atoms with E-state index in [0.29, 0.717) is 28.8 Å². The average Bonchev–Trinajstić information content (AvgIpc) is 3.55. The van der Waals surface area contributed by atoms with Crippen LogP contribution in [0.5, 0.6) is 0 Å². The molecule has 1 atom stereocenters. The van der Waals surface area contributed by atoms with Crippen molar-refractivity contribution in [2.75, 3.05) is 11.9 Å². The first-order chi connectivity index (χ1) is 17.7. The Balaban J connectivity index is 1.73. The molecule has 37 heavy (non-hydrogen) atoms. The molecule has 192 valence electrons. The molecule has 5 heterocycles. The second-order valence-electron chi connectivity index (χ2n) is 8.59. The standard InChI is InChI=1S/C23H21F3N8O2S/c1-4-28-22(35)31-17-6-14-15(9-29-17)12-5-13(8-27-7-12)19-32-33-20(36-19)18(11(2)3)34(26)23(24,25)16-10-37-21(14)30-16/h5-11,18H,4H2,1-3H3,(H2,28,29,31,35)/t18-/m0/s1. The Kier molecular flexibility index (Phi) is 6.37. The van der Waals surface area contributed by atoms with E-state index in [1.165, 1.54) is 18.5 Å². The number of thiazole rings is 1. The van der Waals surface area contributed by atoms with Gasteiger partial charge in [-0.1, -0.05) is 19.0 Å². The molecule has 0 saturated heterocycles. The summed E-state index contributed by atoms with van der Waals surface area (Å²) in [6.45, 7) is 5.30. The summed E-state index contributed by atoms with van der Waals surface area (Å²) in [5.74, 6) is -0.767. The molecule has 1 aliphatic heterocycles. The molecule has 0 aliphatic carbocycles. The number of carbonyl (C=O) groups excluding carboxylic acids is 1. The van der Waals surface area contributed by atoms with Gasteiger partial charge in [0.25, 0.3) is 0 Å². The normalized spacial score (nSPS) is 16.7. The Hall–Kier alpha value is -3.91. The third-order valence-electron chi connectivity index (χ3n) is 5.66. The van der Waals surface area contributed by atoms with E-state index in [0.717, 1.165) is 16.7 Å². The molecule has 2 amide bonds. The number of aromatic nitrogens is 5. The molecule has 10 nitrogen and oxygen atoms in total. The van der Waals surface area contributed by atoms with Crippen LogP contribution >= 0.6 is 11.3 Å². The predicted molar refractivity (Wildman–Crippen MR) is 129 cm³/mol. The number of hydrogen-bond donors (Lipinski definition) is 2. The van der Waals surface area contributed by atoms with Gasteiger partial charge in [0.15, 0.2) is 0 Å². The highest BCUT2D eigenvalue weighted by atomic mass is 32.1. The van der Waals surface area contributed by atoms with Gasteiger partial charge in [0.1, 0.15) is 22.6 Å². The summed E-state index contributed by atoms with van der Waals surface area (Å²) in [6.07, 6.45) is 4.50. The zero-order valence-electron chi connectivity index (χ0n) is 19.9. The Labute approximate surface area is 212 Å². The first-order valence-corrected chi connectivity index (χ1v) is 12.2. The van der Waals surface area contributed by atoms with Crippen LogP contribution in [0, 0.1) is 5.92 Å². The highest BCUT2D eigenvalue weighted by molar-refractivity contribution is 7.13. The maximum absolute atomic E-state index is 15.4. The van der Waals surface area contributed by atoms with Crippen molar-refractivity contribution in [2.24, 2.45) is 5.92 Å². The van der Waals surface area contributed by atoms with Crippen molar-refractivity contribution in [2.45, 2.75) is 32.9 Å². The number of halogens is 3. The molecular weight excluding hydrogens is 509 g/mol. The van der Waals surface area contributed by atoms with Crippen molar-refractivity contribution in [3.05, 3.63) is 47.7 Å². The van der Waals surface area contributed by atoms with Crippen LogP contribution in [0.15, 0.2) is 40.5 Å². The van der Waals surface area contributed by atoms with Crippen molar-refractivity contribution >= 4 is 23.2 Å². The summed E-state index contributed by atoms with van der Waals surface area (Å²) in [7, 11) is 0. The largest absolute Gasteiger partial charge is 0.419 e. The number of nitrogens with one attached hydrogen (secondary N) is 2. The van der Waals surface area contributed by atoms with E-state index in [2.05, 4.69) is 35.8 Å². The predicted octanol–water partition coefficient (Wildman–Crippen LogP) is 5.41. The zero-order chi connectivity index (χ0) is 26.3. The molecule has 1 aliphatic rings. The molecule has 4 aromatic heterocycles. The van der Waals surface area contributed by atoms with Crippen LogP contribution in [-0.4, -0.2) is 42.8 Å². The van der Waals surface area contributed by atoms with Gasteiger partial charge in [-0.25, -0.2) is 14.8 Å². The van der Waals surface area contributed by atoms with Crippen LogP contribution in [0.1, 0.15) is 38.4 Å². The first kappa shape index (κ1) is 24.8. The molecule has 0 radical (unpaired) electrons. The molecule has 0 spiro atoms. The molecule has 0 unspecified atom stereocenters. The lowest BCUT2D eigenvalue weighted by molar-refractivity contribution is -0.277. The van der Waals surface area contributed by atoms with Gasteiger partial charge in [-0.05, 0) is 25.0 Å². The molecule has 2 N–H and O–H groups in total. The highest BCUT2D eigenvalue weighted by Crippen LogP contribution is 2.44. The van der Waals surface area contributed by atoms with Crippen LogP contribution in [0.25, 0.3) is 33.2 Å². The highest BCUT2D eigenvalue weighted by Gasteiger charge is 2.49. The van der Waals surface area contributed by atoms with E-state index in [9.17, 15) is 4.79 Å². The van der Waals surface area contributed by atoms with E-state index in [1.807, 2.05) is 0 Å². The number of hydrogen-bond acceptors (Lipinski definition) is 9. The van der Waals surface area contributed by atoms with Gasteiger partial charge in [-0.2, -0.15) is 8.78 Å². The minimum absolute atomic E-state index is 0.00158. The number of carbonyl (C=O) groups is 1. The number of amides is 2. The van der Waals surface area contributed by atoms with Gasteiger partial charge in [-0.3, -0.25) is 10.3 Å². The minimum atomic E-state index is -4.10. The number of fused-ring (bicyclic) bond motifs is 10. The van der Waals surface area contributed by atoms with Gasteiger partial charge < -0.3 is 9.73 Å². The lowest BCUT2D eigenvalue weighted by Gasteiger charge is -2.29. The van der Waals surface area contributed by atoms with Crippen molar-refractivity contribution in [3.63, 3.8) is 0 Å². The quantitative estimate of drug-likeness (QED) is 0.267. The van der Waals surface area contributed by atoms with E-state index in [4.69, 9.17) is 4.42 Å². The number of nitrogens with zero attached hydrogens (tertiary/aromatic N) is 6. The van der Waals surface area contributed by atoms with Crippen molar-refractivity contribution in [1.29, 1.82) is 0 Å². The van der Waals surface area contributed by atoms with E-state index in [1.54, 1.807) is 33.0 Å². The number of rotatable bonds is 3. The topological polar surface area (TPSA) is 122 Å². The second-order valence-corrected chi connectivity index (χ2v) is 9.44. The third kappa shape index (κ3) is 4.53. The first-order valence-electron chi connectivity index (χ1n) is 11.3. The molecule has 0 fully saturated rings. The van der Waals surface area contributed by atoms with Crippen LogP contribution in [0.2, 0.25) is 0 Å². The van der Waals surface area contributed by atoms with E-state index < -0.39 is 34.9 Å². The molecule has 6 bridgehead atoms. The Morgan fingerprint density at radius 3 is 2.73 bits per heavy atom. The molecule has 5 rings (SSSR count). The Bertz CT molecular complexity index is 1460. The smallest absolute Gasteiger partial charge is 0.374 e. The number of alkyl halides is 2. The van der Waals surface area contributed by atoms with E-state index in [-0.39, 0.29) is 22.6 Å². The Morgan fingerprint density at radius 2 is 1.97 bits per heavy atom. The second kappa shape index (κ2) is 9.52. The fraction of sp³-hybridized carbons (Fsp3) is 0.304. The number of urea groups is 1. The third-order valence-corrected chi connectivity index (χ3v) is 6.54. The Morgan fingerprint density at radius 1 is 1.19 bits per heavy atom. The monoisotopic (exact) mass is 530 g/mol. The number of pyridine rings is 2. The van der Waals surface area contributed by atoms with Crippen molar-refractivity contribution in [3.8, 4) is 33.2 Å². The van der Waals surface area contributed by atoms with Crippen LogP contribution in [0.3, 0.4) is 0 Å². The summed E-state index contributed by atoms with van der Waals surface area (Å²) in [4.78, 5) is 24.7. The zero-order valence-corrected chi connectivity index (χ0v) is 20.7. The van der Waals surface area contributed by atoms with Crippen LogP contribution < -0.4 is 10.6 Å². The molecule has 4 aromatic rings. The van der Waals surface area contributed by atoms with Gasteiger partial charge in [0.2, 0.25) is 11.8 Å². The summed E-state index contributed by atoms with van der Waals surface area (Å²) in [6, 6.07) is -2.89. The van der Waals surface area contributed by atoms with Crippen molar-refractivity contribution in [1.82, 2.24) is 35.6 Å². The van der Waals surface area contributed by atoms with Gasteiger partial charge in [0, 0.05) is 47.2 Å². The number of anilines is 1. The lowest BCUT2D eigenvalue weighted by atomic mass is 10.0. The van der Waals surface area contributed by atoms with Crippen LogP contribution in [0.4, 0.5) is 23.9 Å². The minimum Gasteiger partial charge on any atom is -0.419 e. The summed E-state index contributed by atoms with van der Waals surface area (Å²) >= 11 is 0.910. The summed E-state index contributed by atoms with van der Waals surface area (Å²) in [5, 5.41) is 13.7. The fourth-order valence-electron chi connectivity index (χ4n) is 3.89. The lowest BCUT2D eigenvalue weighted by Crippen LogP contribution is -2.38.